The Hall–Kier alpha value is -2.27. The Morgan fingerprint density at radius 1 is 1.00 bits per heavy atom. The van der Waals surface area contributed by atoms with Gasteiger partial charge in [-0.2, -0.15) is 0 Å². The normalized spacial score (nSPS) is 10.7. The summed E-state index contributed by atoms with van der Waals surface area (Å²) < 4.78 is 4.53. The Kier molecular flexibility index (Phi) is 3.90. The molecule has 0 aliphatic heterocycles. The van der Waals surface area contributed by atoms with Gasteiger partial charge in [0.05, 0.1) is 11.4 Å². The summed E-state index contributed by atoms with van der Waals surface area (Å²) in [6, 6.07) is 17.4. The van der Waals surface area contributed by atoms with Crippen LogP contribution < -0.4 is 10.9 Å². The first-order chi connectivity index (χ1) is 10.6. The molecule has 0 aliphatic rings. The molecule has 0 radical (unpaired) electrons. The maximum absolute atomic E-state index is 12.8. The molecule has 1 N–H and O–H groups in total. The first kappa shape index (κ1) is 14.7. The van der Waals surface area contributed by atoms with E-state index in [1.54, 1.807) is 4.68 Å². The average Bonchev–Trinajstić information content (AvgIpc) is 2.74. The average molecular weight is 358 g/mol. The van der Waals surface area contributed by atoms with Crippen LogP contribution >= 0.6 is 15.9 Å². The Balaban J connectivity index is 2.07. The van der Waals surface area contributed by atoms with E-state index in [4.69, 9.17) is 0 Å². The molecule has 1 aromatic heterocycles. The number of nitrogens with one attached hydrogen (secondary N) is 1. The summed E-state index contributed by atoms with van der Waals surface area (Å²) in [4.78, 5) is 12.8. The van der Waals surface area contributed by atoms with Gasteiger partial charge in [-0.15, -0.1) is 0 Å². The second kappa shape index (κ2) is 5.85. The molecule has 0 bridgehead atoms. The third-order valence-electron chi connectivity index (χ3n) is 3.67. The number of nitrogens with zero attached hydrogens (tertiary/aromatic N) is 2. The summed E-state index contributed by atoms with van der Waals surface area (Å²) in [5.41, 5.74) is 3.15. The van der Waals surface area contributed by atoms with Crippen LogP contribution in [-0.4, -0.2) is 9.36 Å². The van der Waals surface area contributed by atoms with Crippen LogP contribution in [0.25, 0.3) is 5.69 Å². The summed E-state index contributed by atoms with van der Waals surface area (Å²) in [5, 5.41) is 3.22. The van der Waals surface area contributed by atoms with Crippen molar-refractivity contribution in [2.45, 2.75) is 6.92 Å². The molecule has 0 unspecified atom stereocenters. The van der Waals surface area contributed by atoms with Crippen molar-refractivity contribution in [2.75, 3.05) is 5.32 Å². The number of aromatic nitrogens is 2. The van der Waals surface area contributed by atoms with Crippen molar-refractivity contribution < 1.29 is 0 Å². The number of halogens is 1. The number of benzene rings is 2. The lowest BCUT2D eigenvalue weighted by Crippen LogP contribution is -2.20. The van der Waals surface area contributed by atoms with E-state index in [0.29, 0.717) is 5.69 Å². The highest BCUT2D eigenvalue weighted by atomic mass is 79.9. The zero-order valence-electron chi connectivity index (χ0n) is 12.4. The highest BCUT2D eigenvalue weighted by Crippen LogP contribution is 2.20. The SMILES string of the molecule is Cc1c(Nc2ccc(Br)cc2)c(=O)n(-c2ccccc2)n1C. The van der Waals surface area contributed by atoms with Gasteiger partial charge in [0.15, 0.2) is 0 Å². The summed E-state index contributed by atoms with van der Waals surface area (Å²) in [6.45, 7) is 1.93. The van der Waals surface area contributed by atoms with Gasteiger partial charge in [-0.1, -0.05) is 34.1 Å². The minimum atomic E-state index is -0.0610. The Labute approximate surface area is 137 Å². The van der Waals surface area contributed by atoms with Crippen molar-refractivity contribution in [1.82, 2.24) is 9.36 Å². The molecule has 0 fully saturated rings. The minimum absolute atomic E-state index is 0.0610. The topological polar surface area (TPSA) is 39.0 Å². The molecule has 3 rings (SSSR count). The van der Waals surface area contributed by atoms with Crippen molar-refractivity contribution in [2.24, 2.45) is 7.05 Å². The summed E-state index contributed by atoms with van der Waals surface area (Å²) >= 11 is 3.41. The molecule has 5 heteroatoms. The summed E-state index contributed by atoms with van der Waals surface area (Å²) in [5.74, 6) is 0. The molecule has 0 spiro atoms. The van der Waals surface area contributed by atoms with Gasteiger partial charge in [0.25, 0.3) is 5.56 Å². The molecule has 4 nitrogen and oxygen atoms in total. The number of hydrogen-bond acceptors (Lipinski definition) is 2. The van der Waals surface area contributed by atoms with Crippen molar-refractivity contribution in [3.05, 3.63) is 75.1 Å². The van der Waals surface area contributed by atoms with Crippen molar-refractivity contribution in [3.63, 3.8) is 0 Å². The second-order valence-corrected chi connectivity index (χ2v) is 5.98. The predicted octanol–water partition coefficient (Wildman–Crippen LogP) is 3.99. The quantitative estimate of drug-likeness (QED) is 0.769. The Morgan fingerprint density at radius 2 is 1.64 bits per heavy atom. The summed E-state index contributed by atoms with van der Waals surface area (Å²) in [7, 11) is 1.89. The van der Waals surface area contributed by atoms with Crippen LogP contribution in [0.3, 0.4) is 0 Å². The van der Waals surface area contributed by atoms with Gasteiger partial charge in [0, 0.05) is 17.2 Å². The van der Waals surface area contributed by atoms with Crippen LogP contribution in [0.15, 0.2) is 63.9 Å². The minimum Gasteiger partial charge on any atom is -0.349 e. The fraction of sp³-hybridized carbons (Fsp3) is 0.118. The molecule has 3 aromatic rings. The van der Waals surface area contributed by atoms with Gasteiger partial charge in [-0.3, -0.25) is 9.48 Å². The largest absolute Gasteiger partial charge is 0.349 e. The highest BCUT2D eigenvalue weighted by molar-refractivity contribution is 9.10. The maximum atomic E-state index is 12.8. The lowest BCUT2D eigenvalue weighted by Gasteiger charge is -2.07. The van der Waals surface area contributed by atoms with Crippen LogP contribution in [0.5, 0.6) is 0 Å². The van der Waals surface area contributed by atoms with Crippen molar-refractivity contribution >= 4 is 27.3 Å². The number of para-hydroxylation sites is 1. The first-order valence-electron chi connectivity index (χ1n) is 6.94. The Morgan fingerprint density at radius 3 is 2.27 bits per heavy atom. The van der Waals surface area contributed by atoms with Crippen molar-refractivity contribution in [1.29, 1.82) is 0 Å². The summed E-state index contributed by atoms with van der Waals surface area (Å²) in [6.07, 6.45) is 0. The zero-order valence-corrected chi connectivity index (χ0v) is 14.0. The third kappa shape index (κ3) is 2.60. The predicted molar refractivity (Wildman–Crippen MR) is 93.2 cm³/mol. The highest BCUT2D eigenvalue weighted by Gasteiger charge is 2.15. The van der Waals surface area contributed by atoms with Crippen LogP contribution in [-0.2, 0) is 7.05 Å². The van der Waals surface area contributed by atoms with Gasteiger partial charge < -0.3 is 5.32 Å². The van der Waals surface area contributed by atoms with Gasteiger partial charge in [0.2, 0.25) is 0 Å². The number of anilines is 2. The molecule has 112 valence electrons. The van der Waals surface area contributed by atoms with Crippen LogP contribution in [0.1, 0.15) is 5.69 Å². The molecule has 22 heavy (non-hydrogen) atoms. The molecule has 0 aliphatic carbocycles. The molecule has 0 saturated carbocycles. The van der Waals surface area contributed by atoms with Crippen LogP contribution in [0.2, 0.25) is 0 Å². The molecular weight excluding hydrogens is 342 g/mol. The van der Waals surface area contributed by atoms with E-state index in [-0.39, 0.29) is 5.56 Å². The standard InChI is InChI=1S/C17H16BrN3O/c1-12-16(19-14-10-8-13(18)9-11-14)17(22)21(20(12)2)15-6-4-3-5-7-15/h3-11,19H,1-2H3. The lowest BCUT2D eigenvalue weighted by atomic mass is 10.3. The van der Waals surface area contributed by atoms with Crippen molar-refractivity contribution in [3.8, 4) is 5.69 Å². The Bertz CT molecular complexity index is 848. The molecule has 0 amide bonds. The molecular formula is C17H16BrN3O. The van der Waals surface area contributed by atoms with E-state index in [2.05, 4.69) is 21.2 Å². The van der Waals surface area contributed by atoms with Gasteiger partial charge in [0.1, 0.15) is 5.69 Å². The second-order valence-electron chi connectivity index (χ2n) is 5.07. The van der Waals surface area contributed by atoms with Gasteiger partial charge in [-0.05, 0) is 43.3 Å². The van der Waals surface area contributed by atoms with Gasteiger partial charge in [-0.25, -0.2) is 4.68 Å². The van der Waals surface area contributed by atoms with Crippen LogP contribution in [0, 0.1) is 6.92 Å². The third-order valence-corrected chi connectivity index (χ3v) is 4.20. The first-order valence-corrected chi connectivity index (χ1v) is 7.74. The van der Waals surface area contributed by atoms with E-state index < -0.39 is 0 Å². The maximum Gasteiger partial charge on any atom is 0.295 e. The van der Waals surface area contributed by atoms with E-state index >= 15 is 0 Å². The van der Waals surface area contributed by atoms with Gasteiger partial charge >= 0.3 is 0 Å². The number of hydrogen-bond donors (Lipinski definition) is 1. The van der Waals surface area contributed by atoms with Crippen LogP contribution in [0.4, 0.5) is 11.4 Å². The molecule has 2 aromatic carbocycles. The lowest BCUT2D eigenvalue weighted by molar-refractivity contribution is 0.630. The number of rotatable bonds is 3. The molecule has 0 saturated heterocycles. The zero-order chi connectivity index (χ0) is 15.7. The van der Waals surface area contributed by atoms with E-state index in [0.717, 1.165) is 21.5 Å². The fourth-order valence-corrected chi connectivity index (χ4v) is 2.65. The molecule has 0 atom stereocenters. The molecule has 1 heterocycles. The monoisotopic (exact) mass is 357 g/mol. The van der Waals surface area contributed by atoms with E-state index in [1.807, 2.05) is 73.3 Å². The van der Waals surface area contributed by atoms with E-state index in [9.17, 15) is 4.79 Å². The fourth-order valence-electron chi connectivity index (χ4n) is 2.39. The van der Waals surface area contributed by atoms with E-state index in [1.165, 1.54) is 0 Å². The smallest absolute Gasteiger partial charge is 0.295 e.